The lowest BCUT2D eigenvalue weighted by Crippen LogP contribution is -2.01. The predicted molar refractivity (Wildman–Crippen MR) is 79.5 cm³/mol. The first-order valence-corrected chi connectivity index (χ1v) is 7.00. The SMILES string of the molecule is COc1ccc(C)cc1C(Cl)c1c(F)cccc1Br. The Morgan fingerprint density at radius 3 is 2.63 bits per heavy atom. The van der Waals surface area contributed by atoms with E-state index in [1.54, 1.807) is 19.2 Å². The first-order valence-electron chi connectivity index (χ1n) is 5.77. The Balaban J connectivity index is 2.55. The molecule has 0 aliphatic carbocycles. The van der Waals surface area contributed by atoms with Crippen LogP contribution in [-0.2, 0) is 0 Å². The van der Waals surface area contributed by atoms with Crippen LogP contribution in [0.1, 0.15) is 22.1 Å². The van der Waals surface area contributed by atoms with E-state index in [0.29, 0.717) is 15.8 Å². The molecule has 4 heteroatoms. The largest absolute Gasteiger partial charge is 0.496 e. The van der Waals surface area contributed by atoms with Gasteiger partial charge in [0.05, 0.1) is 12.5 Å². The van der Waals surface area contributed by atoms with Gasteiger partial charge in [-0.05, 0) is 25.1 Å². The van der Waals surface area contributed by atoms with Crippen molar-refractivity contribution in [3.05, 3.63) is 63.4 Å². The maximum Gasteiger partial charge on any atom is 0.129 e. The molecule has 0 bridgehead atoms. The second kappa shape index (κ2) is 5.93. The van der Waals surface area contributed by atoms with E-state index in [1.165, 1.54) is 6.07 Å². The van der Waals surface area contributed by atoms with Crippen LogP contribution in [0, 0.1) is 12.7 Å². The third kappa shape index (κ3) is 2.93. The van der Waals surface area contributed by atoms with Gasteiger partial charge in [0.25, 0.3) is 0 Å². The Morgan fingerprint density at radius 2 is 2.00 bits per heavy atom. The van der Waals surface area contributed by atoms with Crippen molar-refractivity contribution in [3.8, 4) is 5.75 Å². The Labute approximate surface area is 125 Å². The van der Waals surface area contributed by atoms with E-state index in [0.717, 1.165) is 11.1 Å². The summed E-state index contributed by atoms with van der Waals surface area (Å²) in [6.45, 7) is 1.96. The van der Waals surface area contributed by atoms with Crippen molar-refractivity contribution in [2.45, 2.75) is 12.3 Å². The van der Waals surface area contributed by atoms with E-state index in [1.807, 2.05) is 25.1 Å². The molecule has 2 rings (SSSR count). The summed E-state index contributed by atoms with van der Waals surface area (Å²) >= 11 is 9.79. The zero-order valence-corrected chi connectivity index (χ0v) is 12.9. The molecule has 0 amide bonds. The predicted octanol–water partition coefficient (Wildman–Crippen LogP) is 5.23. The minimum absolute atomic E-state index is 0.335. The maximum absolute atomic E-state index is 14.0. The first kappa shape index (κ1) is 14.4. The molecule has 100 valence electrons. The molecule has 0 fully saturated rings. The summed E-state index contributed by atoms with van der Waals surface area (Å²) in [6.07, 6.45) is 0. The molecule has 0 heterocycles. The van der Waals surface area contributed by atoms with E-state index in [9.17, 15) is 4.39 Å². The van der Waals surface area contributed by atoms with E-state index >= 15 is 0 Å². The Morgan fingerprint density at radius 1 is 1.26 bits per heavy atom. The van der Waals surface area contributed by atoms with Crippen LogP contribution in [0.3, 0.4) is 0 Å². The second-order valence-electron chi connectivity index (χ2n) is 4.24. The monoisotopic (exact) mass is 342 g/mol. The Hall–Kier alpha value is -1.06. The van der Waals surface area contributed by atoms with E-state index in [2.05, 4.69) is 15.9 Å². The zero-order chi connectivity index (χ0) is 14.0. The molecule has 0 aliphatic rings. The number of rotatable bonds is 3. The standard InChI is InChI=1S/C15H13BrClFO/c1-9-6-7-13(19-2)10(8-9)15(17)14-11(16)4-3-5-12(14)18/h3-8,15H,1-2H3. The van der Waals surface area contributed by atoms with Gasteiger partial charge in [0.2, 0.25) is 0 Å². The Kier molecular flexibility index (Phi) is 4.48. The lowest BCUT2D eigenvalue weighted by Gasteiger charge is -2.17. The minimum Gasteiger partial charge on any atom is -0.496 e. The summed E-state index contributed by atoms with van der Waals surface area (Å²) < 4.78 is 19.9. The van der Waals surface area contributed by atoms with Crippen molar-refractivity contribution in [3.63, 3.8) is 0 Å². The summed E-state index contributed by atoms with van der Waals surface area (Å²) in [7, 11) is 1.58. The highest BCUT2D eigenvalue weighted by Crippen LogP contribution is 2.39. The molecule has 0 spiro atoms. The van der Waals surface area contributed by atoms with Crippen molar-refractivity contribution in [2.75, 3.05) is 7.11 Å². The van der Waals surface area contributed by atoms with Crippen LogP contribution in [0.5, 0.6) is 5.75 Å². The van der Waals surface area contributed by atoms with Crippen LogP contribution < -0.4 is 4.74 Å². The van der Waals surface area contributed by atoms with Crippen LogP contribution in [0.4, 0.5) is 4.39 Å². The van der Waals surface area contributed by atoms with Gasteiger partial charge in [-0.3, -0.25) is 0 Å². The molecule has 0 saturated carbocycles. The van der Waals surface area contributed by atoms with E-state index < -0.39 is 5.38 Å². The molecule has 0 N–H and O–H groups in total. The van der Waals surface area contributed by atoms with Crippen LogP contribution in [-0.4, -0.2) is 7.11 Å². The van der Waals surface area contributed by atoms with Gasteiger partial charge in [0.1, 0.15) is 11.6 Å². The van der Waals surface area contributed by atoms with E-state index in [-0.39, 0.29) is 5.82 Å². The van der Waals surface area contributed by atoms with Crippen molar-refractivity contribution >= 4 is 27.5 Å². The topological polar surface area (TPSA) is 9.23 Å². The molecule has 1 unspecified atom stereocenters. The van der Waals surface area contributed by atoms with Crippen LogP contribution >= 0.6 is 27.5 Å². The highest BCUT2D eigenvalue weighted by Gasteiger charge is 2.21. The summed E-state index contributed by atoms with van der Waals surface area (Å²) in [6, 6.07) is 10.5. The molecular formula is C15H13BrClFO. The molecule has 0 aliphatic heterocycles. The highest BCUT2D eigenvalue weighted by molar-refractivity contribution is 9.10. The van der Waals surface area contributed by atoms with Gasteiger partial charge in [-0.1, -0.05) is 39.7 Å². The molecule has 2 aromatic carbocycles. The molecule has 19 heavy (non-hydrogen) atoms. The molecule has 0 aromatic heterocycles. The summed E-state index contributed by atoms with van der Waals surface area (Å²) in [5.41, 5.74) is 2.23. The molecule has 1 atom stereocenters. The molecular weight excluding hydrogens is 331 g/mol. The second-order valence-corrected chi connectivity index (χ2v) is 5.53. The average molecular weight is 344 g/mol. The van der Waals surface area contributed by atoms with Crippen LogP contribution in [0.2, 0.25) is 0 Å². The van der Waals surface area contributed by atoms with Gasteiger partial charge in [-0.25, -0.2) is 4.39 Å². The third-order valence-corrected chi connectivity index (χ3v) is 4.06. The number of methoxy groups -OCH3 is 1. The average Bonchev–Trinajstić information content (AvgIpc) is 2.38. The zero-order valence-electron chi connectivity index (χ0n) is 10.6. The number of benzene rings is 2. The number of ether oxygens (including phenoxy) is 1. The van der Waals surface area contributed by atoms with Crippen molar-refractivity contribution < 1.29 is 9.13 Å². The molecule has 0 radical (unpaired) electrons. The summed E-state index contributed by atoms with van der Waals surface area (Å²) in [4.78, 5) is 0. The smallest absolute Gasteiger partial charge is 0.129 e. The first-order chi connectivity index (χ1) is 9.04. The lowest BCUT2D eigenvalue weighted by molar-refractivity contribution is 0.410. The van der Waals surface area contributed by atoms with Gasteiger partial charge >= 0.3 is 0 Å². The van der Waals surface area contributed by atoms with Crippen LogP contribution in [0.15, 0.2) is 40.9 Å². The molecule has 2 aromatic rings. The van der Waals surface area contributed by atoms with Crippen molar-refractivity contribution in [1.29, 1.82) is 0 Å². The Bertz CT molecular complexity index is 580. The summed E-state index contributed by atoms with van der Waals surface area (Å²) in [5, 5.41) is -0.606. The lowest BCUT2D eigenvalue weighted by atomic mass is 10.0. The van der Waals surface area contributed by atoms with Crippen molar-refractivity contribution in [1.82, 2.24) is 0 Å². The number of aryl methyl sites for hydroxylation is 1. The van der Waals surface area contributed by atoms with Crippen LogP contribution in [0.25, 0.3) is 0 Å². The maximum atomic E-state index is 14.0. The fourth-order valence-corrected chi connectivity index (χ4v) is 3.06. The van der Waals surface area contributed by atoms with E-state index in [4.69, 9.17) is 16.3 Å². The van der Waals surface area contributed by atoms with Gasteiger partial charge in [-0.15, -0.1) is 11.6 Å². The van der Waals surface area contributed by atoms with Gasteiger partial charge in [0.15, 0.2) is 0 Å². The van der Waals surface area contributed by atoms with Gasteiger partial charge in [-0.2, -0.15) is 0 Å². The summed E-state index contributed by atoms with van der Waals surface area (Å²) in [5.74, 6) is 0.318. The quantitative estimate of drug-likeness (QED) is 0.693. The third-order valence-electron chi connectivity index (χ3n) is 2.91. The molecule has 1 nitrogen and oxygen atoms in total. The number of halogens is 3. The molecule has 0 saturated heterocycles. The van der Waals surface area contributed by atoms with Gasteiger partial charge < -0.3 is 4.74 Å². The fraction of sp³-hybridized carbons (Fsp3) is 0.200. The highest BCUT2D eigenvalue weighted by atomic mass is 79.9. The number of hydrogen-bond donors (Lipinski definition) is 0. The van der Waals surface area contributed by atoms with Crippen molar-refractivity contribution in [2.24, 2.45) is 0 Å². The van der Waals surface area contributed by atoms with Gasteiger partial charge in [0, 0.05) is 15.6 Å². The number of hydrogen-bond acceptors (Lipinski definition) is 1. The normalized spacial score (nSPS) is 12.3. The number of alkyl halides is 1. The minimum atomic E-state index is -0.606. The fourth-order valence-electron chi connectivity index (χ4n) is 1.96.